The van der Waals surface area contributed by atoms with Gasteiger partial charge in [0, 0.05) is 59.0 Å². The van der Waals surface area contributed by atoms with Crippen LogP contribution in [0.2, 0.25) is 0 Å². The Bertz CT molecular complexity index is 23.7. The first kappa shape index (κ1) is 15.9. The molecule has 0 aromatic carbocycles. The third-order valence-corrected chi connectivity index (χ3v) is 0.365. The summed E-state index contributed by atoms with van der Waals surface area (Å²) in [6.07, 6.45) is 0. The fraction of sp³-hybridized carbons (Fsp3) is 1.00. The summed E-state index contributed by atoms with van der Waals surface area (Å²) in [6, 6.07) is 0. The maximum atomic E-state index is 8.14. The van der Waals surface area contributed by atoms with Crippen LogP contribution in [0, 0.1) is 5.92 Å². The Morgan fingerprint density at radius 3 is 1.43 bits per heavy atom. The second-order valence-corrected chi connectivity index (χ2v) is 1.58. The number of hydrogen-bond donors (Lipinski definition) is 1. The molecular weight excluding hydrogens is 246 g/mol. The van der Waals surface area contributed by atoms with Crippen molar-refractivity contribution in [1.82, 2.24) is 0 Å². The van der Waals surface area contributed by atoms with Crippen LogP contribution in [0.5, 0.6) is 0 Å². The molecule has 1 nitrogen and oxygen atoms in total. The standard InChI is InChI=1S/C4H10O.2Zr/c1-4(2)3-5;;/h4-5H,3H2,1-2H3;;. The SMILES string of the molecule is CC(C)CO.[Zr].[Zr]. The van der Waals surface area contributed by atoms with Gasteiger partial charge in [0.25, 0.3) is 0 Å². The van der Waals surface area contributed by atoms with E-state index in [0.29, 0.717) is 12.5 Å². The zero-order valence-electron chi connectivity index (χ0n) is 4.73. The summed E-state index contributed by atoms with van der Waals surface area (Å²) in [6.45, 7) is 4.25. The molecule has 0 aliphatic carbocycles. The molecule has 0 unspecified atom stereocenters. The van der Waals surface area contributed by atoms with Gasteiger partial charge >= 0.3 is 0 Å². The largest absolute Gasteiger partial charge is 0.396 e. The van der Waals surface area contributed by atoms with Gasteiger partial charge in [-0.25, -0.2) is 0 Å². The van der Waals surface area contributed by atoms with E-state index in [1.165, 1.54) is 0 Å². The van der Waals surface area contributed by atoms with Crippen LogP contribution >= 0.6 is 0 Å². The second kappa shape index (κ2) is 10.7. The van der Waals surface area contributed by atoms with Crippen molar-refractivity contribution in [2.75, 3.05) is 6.61 Å². The molecule has 0 bridgehead atoms. The van der Waals surface area contributed by atoms with Crippen molar-refractivity contribution >= 4 is 0 Å². The molecule has 0 atom stereocenters. The molecule has 0 amide bonds. The van der Waals surface area contributed by atoms with Crippen molar-refractivity contribution in [3.05, 3.63) is 0 Å². The summed E-state index contributed by atoms with van der Waals surface area (Å²) < 4.78 is 0. The van der Waals surface area contributed by atoms with E-state index in [4.69, 9.17) is 5.11 Å². The zero-order chi connectivity index (χ0) is 4.28. The number of aliphatic hydroxyl groups excluding tert-OH is 1. The summed E-state index contributed by atoms with van der Waals surface area (Å²) in [4.78, 5) is 0. The van der Waals surface area contributed by atoms with Crippen molar-refractivity contribution in [1.29, 1.82) is 0 Å². The van der Waals surface area contributed by atoms with Gasteiger partial charge in [-0.05, 0) is 5.92 Å². The van der Waals surface area contributed by atoms with Gasteiger partial charge in [-0.15, -0.1) is 0 Å². The zero-order valence-corrected chi connectivity index (χ0v) is 9.65. The van der Waals surface area contributed by atoms with Crippen LogP contribution in [0.3, 0.4) is 0 Å². The van der Waals surface area contributed by atoms with Crippen molar-refractivity contribution < 1.29 is 57.5 Å². The maximum Gasteiger partial charge on any atom is 0.0453 e. The van der Waals surface area contributed by atoms with Gasteiger partial charge < -0.3 is 5.11 Å². The summed E-state index contributed by atoms with van der Waals surface area (Å²) in [5.41, 5.74) is 0. The minimum absolute atomic E-state index is 0. The van der Waals surface area contributed by atoms with Crippen LogP contribution in [-0.4, -0.2) is 11.7 Å². The fourth-order valence-electron chi connectivity index (χ4n) is 0. The van der Waals surface area contributed by atoms with E-state index in [2.05, 4.69) is 0 Å². The van der Waals surface area contributed by atoms with Gasteiger partial charge in [0.15, 0.2) is 0 Å². The van der Waals surface area contributed by atoms with Crippen molar-refractivity contribution in [3.8, 4) is 0 Å². The smallest absolute Gasteiger partial charge is 0.0453 e. The fourth-order valence-corrected chi connectivity index (χ4v) is 0. The molecule has 0 saturated heterocycles. The Morgan fingerprint density at radius 2 is 1.43 bits per heavy atom. The maximum absolute atomic E-state index is 8.14. The minimum atomic E-state index is 0. The molecule has 3 heteroatoms. The topological polar surface area (TPSA) is 20.2 Å². The molecule has 0 heterocycles. The molecule has 7 heavy (non-hydrogen) atoms. The average molecular weight is 257 g/mol. The van der Waals surface area contributed by atoms with Gasteiger partial charge in [-0.1, -0.05) is 13.8 Å². The molecular formula is C4H10OZr2. The van der Waals surface area contributed by atoms with Crippen LogP contribution in [0.15, 0.2) is 0 Å². The van der Waals surface area contributed by atoms with E-state index < -0.39 is 0 Å². The Kier molecular flexibility index (Phi) is 24.2. The van der Waals surface area contributed by atoms with Gasteiger partial charge in [-0.3, -0.25) is 0 Å². The van der Waals surface area contributed by atoms with Crippen molar-refractivity contribution in [2.24, 2.45) is 5.92 Å². The summed E-state index contributed by atoms with van der Waals surface area (Å²) in [5.74, 6) is 0.440. The van der Waals surface area contributed by atoms with E-state index in [1.54, 1.807) is 0 Å². The molecule has 0 spiro atoms. The van der Waals surface area contributed by atoms with E-state index in [1.807, 2.05) is 13.8 Å². The monoisotopic (exact) mass is 254 g/mol. The van der Waals surface area contributed by atoms with Crippen LogP contribution < -0.4 is 0 Å². The van der Waals surface area contributed by atoms with Gasteiger partial charge in [0.1, 0.15) is 0 Å². The first-order valence-corrected chi connectivity index (χ1v) is 1.88. The van der Waals surface area contributed by atoms with Crippen LogP contribution in [-0.2, 0) is 52.4 Å². The van der Waals surface area contributed by atoms with Gasteiger partial charge in [0.05, 0.1) is 0 Å². The Balaban J connectivity index is -0.0000000800. The van der Waals surface area contributed by atoms with E-state index in [-0.39, 0.29) is 52.4 Å². The van der Waals surface area contributed by atoms with E-state index in [0.717, 1.165) is 0 Å². The second-order valence-electron chi connectivity index (χ2n) is 1.58. The molecule has 0 aliphatic heterocycles. The molecule has 0 radical (unpaired) electrons. The van der Waals surface area contributed by atoms with E-state index in [9.17, 15) is 0 Å². The summed E-state index contributed by atoms with van der Waals surface area (Å²) >= 11 is 0. The van der Waals surface area contributed by atoms with Gasteiger partial charge in [0.2, 0.25) is 0 Å². The Hall–Kier alpha value is 1.73. The summed E-state index contributed by atoms with van der Waals surface area (Å²) in [5, 5.41) is 8.14. The minimum Gasteiger partial charge on any atom is -0.396 e. The molecule has 0 rings (SSSR count). The summed E-state index contributed by atoms with van der Waals surface area (Å²) in [7, 11) is 0. The predicted octanol–water partition coefficient (Wildman–Crippen LogP) is 0.630. The third-order valence-electron chi connectivity index (χ3n) is 0.365. The molecule has 0 aromatic heterocycles. The molecule has 0 saturated carbocycles. The number of aliphatic hydroxyl groups is 1. The Labute approximate surface area is 83.1 Å². The van der Waals surface area contributed by atoms with Crippen LogP contribution in [0.1, 0.15) is 13.8 Å². The van der Waals surface area contributed by atoms with Crippen molar-refractivity contribution in [3.63, 3.8) is 0 Å². The van der Waals surface area contributed by atoms with E-state index >= 15 is 0 Å². The average Bonchev–Trinajstić information content (AvgIpc) is 1.38. The van der Waals surface area contributed by atoms with Crippen molar-refractivity contribution in [2.45, 2.75) is 13.8 Å². The van der Waals surface area contributed by atoms with Crippen LogP contribution in [0.25, 0.3) is 0 Å². The third kappa shape index (κ3) is 18.2. The predicted molar refractivity (Wildman–Crippen MR) is 21.9 cm³/mol. The van der Waals surface area contributed by atoms with Crippen LogP contribution in [0.4, 0.5) is 0 Å². The number of hydrogen-bond acceptors (Lipinski definition) is 1. The number of rotatable bonds is 1. The molecule has 1 N–H and O–H groups in total. The first-order chi connectivity index (χ1) is 2.27. The molecule has 0 fully saturated rings. The quantitative estimate of drug-likeness (QED) is 0.730. The molecule has 0 aliphatic rings. The first-order valence-electron chi connectivity index (χ1n) is 1.88. The molecule has 40 valence electrons. The van der Waals surface area contributed by atoms with Gasteiger partial charge in [-0.2, -0.15) is 0 Å². The molecule has 0 aromatic rings. The Morgan fingerprint density at radius 1 is 1.29 bits per heavy atom. The normalized spacial score (nSPS) is 6.86.